The summed E-state index contributed by atoms with van der Waals surface area (Å²) >= 11 is 0. The van der Waals surface area contributed by atoms with Gasteiger partial charge in [-0.05, 0) is 38.0 Å². The largest absolute Gasteiger partial charge is 0.493 e. The number of pyridine rings is 1. The molecule has 1 N–H and O–H groups in total. The normalized spacial score (nSPS) is 15.1. The lowest BCUT2D eigenvalue weighted by Crippen LogP contribution is -2.39. The molecule has 7 nitrogen and oxygen atoms in total. The maximum Gasteiger partial charge on any atom is 0.416 e. The van der Waals surface area contributed by atoms with E-state index in [1.165, 1.54) is 0 Å². The lowest BCUT2D eigenvalue weighted by molar-refractivity contribution is -0.137. The van der Waals surface area contributed by atoms with Crippen molar-refractivity contribution in [3.63, 3.8) is 0 Å². The molecule has 4 rings (SSSR count). The Labute approximate surface area is 195 Å². The number of alkyl halides is 3. The molecule has 182 valence electrons. The number of benzene rings is 1. The molecule has 34 heavy (non-hydrogen) atoms. The lowest BCUT2D eigenvalue weighted by Gasteiger charge is -2.40. The molecule has 0 aliphatic heterocycles. The number of hydrogen-bond donors (Lipinski definition) is 1. The van der Waals surface area contributed by atoms with E-state index >= 15 is 0 Å². The summed E-state index contributed by atoms with van der Waals surface area (Å²) in [5.74, 6) is 2.08. The molecule has 1 aliphatic carbocycles. The maximum absolute atomic E-state index is 13.0. The Hall–Kier alpha value is -3.14. The Morgan fingerprint density at radius 1 is 1.06 bits per heavy atom. The van der Waals surface area contributed by atoms with Crippen molar-refractivity contribution in [2.45, 2.75) is 38.9 Å². The van der Waals surface area contributed by atoms with Gasteiger partial charge in [-0.3, -0.25) is 4.98 Å². The monoisotopic (exact) mass is 476 g/mol. The van der Waals surface area contributed by atoms with Crippen molar-refractivity contribution in [1.29, 1.82) is 0 Å². The van der Waals surface area contributed by atoms with Crippen LogP contribution < -0.4 is 14.8 Å². The van der Waals surface area contributed by atoms with Gasteiger partial charge in [0.05, 0.1) is 43.6 Å². The zero-order valence-electron chi connectivity index (χ0n) is 19.3. The van der Waals surface area contributed by atoms with E-state index in [1.807, 2.05) is 0 Å². The van der Waals surface area contributed by atoms with Crippen LogP contribution in [0.2, 0.25) is 0 Å². The van der Waals surface area contributed by atoms with Gasteiger partial charge < -0.3 is 19.5 Å². The van der Waals surface area contributed by atoms with Crippen molar-refractivity contribution in [2.24, 2.45) is 5.41 Å². The van der Waals surface area contributed by atoms with Crippen molar-refractivity contribution in [2.75, 3.05) is 32.8 Å². The number of aromatic nitrogens is 3. The summed E-state index contributed by atoms with van der Waals surface area (Å²) in [6.07, 6.45) is -0.0619. The van der Waals surface area contributed by atoms with Crippen molar-refractivity contribution in [3.8, 4) is 11.5 Å². The third-order valence-corrected chi connectivity index (χ3v) is 6.07. The predicted octanol–water partition coefficient (Wildman–Crippen LogP) is 5.17. The van der Waals surface area contributed by atoms with Gasteiger partial charge in [0, 0.05) is 30.2 Å². The zero-order valence-corrected chi connectivity index (χ0v) is 19.3. The third-order valence-electron chi connectivity index (χ3n) is 6.07. The number of ether oxygens (including phenoxy) is 3. The molecule has 1 fully saturated rings. The molecule has 2 aromatic heterocycles. The Balaban J connectivity index is 1.61. The van der Waals surface area contributed by atoms with Crippen molar-refractivity contribution < 1.29 is 27.4 Å². The average Bonchev–Trinajstić information content (AvgIpc) is 2.78. The van der Waals surface area contributed by atoms with E-state index in [0.717, 1.165) is 37.6 Å². The van der Waals surface area contributed by atoms with E-state index in [2.05, 4.69) is 20.3 Å². The molecule has 10 heteroatoms. The second kappa shape index (κ2) is 9.61. The standard InChI is InChI=1S/C24H27F3N4O3/c1-15-30-19-11-20(33-3)21(34-14-23(13-32-2)6-4-7-23)10-18(19)22(31-15)29-12-17-9-16(5-8-28-17)24(25,26)27/h5,8-11H,4,6-7,12-14H2,1-3H3,(H,29,30,31). The summed E-state index contributed by atoms with van der Waals surface area (Å²) in [6, 6.07) is 5.54. The highest BCUT2D eigenvalue weighted by Gasteiger charge is 2.38. The van der Waals surface area contributed by atoms with Crippen LogP contribution in [0.4, 0.5) is 19.0 Å². The lowest BCUT2D eigenvalue weighted by atomic mass is 9.70. The summed E-state index contributed by atoms with van der Waals surface area (Å²) in [5.41, 5.74) is 0.126. The molecule has 0 radical (unpaired) electrons. The fourth-order valence-corrected chi connectivity index (χ4v) is 4.13. The van der Waals surface area contributed by atoms with Crippen LogP contribution in [0.25, 0.3) is 10.9 Å². The Morgan fingerprint density at radius 2 is 1.85 bits per heavy atom. The molecular formula is C24H27F3N4O3. The van der Waals surface area contributed by atoms with Gasteiger partial charge >= 0.3 is 6.18 Å². The van der Waals surface area contributed by atoms with Gasteiger partial charge in [0.1, 0.15) is 11.6 Å². The van der Waals surface area contributed by atoms with E-state index in [1.54, 1.807) is 33.3 Å². The van der Waals surface area contributed by atoms with Crippen LogP contribution in [0.5, 0.6) is 11.5 Å². The average molecular weight is 476 g/mol. The van der Waals surface area contributed by atoms with E-state index in [9.17, 15) is 13.2 Å². The quantitative estimate of drug-likeness (QED) is 0.457. The molecule has 2 heterocycles. The smallest absolute Gasteiger partial charge is 0.416 e. The van der Waals surface area contributed by atoms with E-state index in [4.69, 9.17) is 14.2 Å². The molecule has 0 saturated heterocycles. The van der Waals surface area contributed by atoms with Crippen LogP contribution in [0.1, 0.15) is 36.3 Å². The molecule has 1 aromatic carbocycles. The fourth-order valence-electron chi connectivity index (χ4n) is 4.13. The van der Waals surface area contributed by atoms with Crippen molar-refractivity contribution in [3.05, 3.63) is 47.5 Å². The van der Waals surface area contributed by atoms with Gasteiger partial charge in [-0.2, -0.15) is 13.2 Å². The second-order valence-corrected chi connectivity index (χ2v) is 8.60. The minimum absolute atomic E-state index is 0.00521. The van der Waals surface area contributed by atoms with E-state index < -0.39 is 11.7 Å². The van der Waals surface area contributed by atoms with Crippen molar-refractivity contribution in [1.82, 2.24) is 15.0 Å². The number of hydrogen-bond acceptors (Lipinski definition) is 7. The predicted molar refractivity (Wildman–Crippen MR) is 121 cm³/mol. The highest BCUT2D eigenvalue weighted by atomic mass is 19.4. The van der Waals surface area contributed by atoms with Crippen molar-refractivity contribution >= 4 is 16.7 Å². The summed E-state index contributed by atoms with van der Waals surface area (Å²) in [6.45, 7) is 2.93. The SMILES string of the molecule is COCC1(COc2cc3c(NCc4cc(C(F)(F)F)ccn4)nc(C)nc3cc2OC)CCC1. The van der Waals surface area contributed by atoms with Gasteiger partial charge in [0.25, 0.3) is 0 Å². The molecule has 0 amide bonds. The first kappa shape index (κ1) is 24.0. The molecule has 1 saturated carbocycles. The fraction of sp³-hybridized carbons (Fsp3) is 0.458. The van der Waals surface area contributed by atoms with Crippen LogP contribution in [0, 0.1) is 12.3 Å². The molecule has 1 aliphatic rings. The van der Waals surface area contributed by atoms with Crippen LogP contribution >= 0.6 is 0 Å². The number of fused-ring (bicyclic) bond motifs is 1. The minimum Gasteiger partial charge on any atom is -0.493 e. The van der Waals surface area contributed by atoms with E-state index in [0.29, 0.717) is 47.3 Å². The molecule has 0 unspecified atom stereocenters. The van der Waals surface area contributed by atoms with Crippen LogP contribution in [-0.2, 0) is 17.5 Å². The summed E-state index contributed by atoms with van der Waals surface area (Å²) in [7, 11) is 3.25. The maximum atomic E-state index is 13.0. The summed E-state index contributed by atoms with van der Waals surface area (Å²) < 4.78 is 56.2. The molecule has 0 spiro atoms. The first-order chi connectivity index (χ1) is 16.2. The number of nitrogens with one attached hydrogen (secondary N) is 1. The molecule has 0 bridgehead atoms. The van der Waals surface area contributed by atoms with Gasteiger partial charge in [0.2, 0.25) is 0 Å². The topological polar surface area (TPSA) is 78.4 Å². The molecule has 3 aromatic rings. The van der Waals surface area contributed by atoms with Crippen LogP contribution in [0.15, 0.2) is 30.5 Å². The number of rotatable bonds is 9. The number of aryl methyl sites for hydroxylation is 1. The summed E-state index contributed by atoms with van der Waals surface area (Å²) in [4.78, 5) is 13.0. The van der Waals surface area contributed by atoms with E-state index in [-0.39, 0.29) is 17.7 Å². The number of halogens is 3. The highest BCUT2D eigenvalue weighted by molar-refractivity contribution is 5.91. The molecule has 0 atom stereocenters. The number of anilines is 1. The van der Waals surface area contributed by atoms with Crippen LogP contribution in [0.3, 0.4) is 0 Å². The third kappa shape index (κ3) is 5.16. The van der Waals surface area contributed by atoms with Gasteiger partial charge in [-0.15, -0.1) is 0 Å². The molecular weight excluding hydrogens is 449 g/mol. The second-order valence-electron chi connectivity index (χ2n) is 8.60. The van der Waals surface area contributed by atoms with Crippen LogP contribution in [-0.4, -0.2) is 42.4 Å². The Bertz CT molecular complexity index is 1170. The van der Waals surface area contributed by atoms with Gasteiger partial charge in [-0.25, -0.2) is 9.97 Å². The van der Waals surface area contributed by atoms with Gasteiger partial charge in [-0.1, -0.05) is 6.42 Å². The minimum atomic E-state index is -4.43. The first-order valence-electron chi connectivity index (χ1n) is 11.0. The number of methoxy groups -OCH3 is 2. The zero-order chi connectivity index (χ0) is 24.3. The summed E-state index contributed by atoms with van der Waals surface area (Å²) in [5, 5.41) is 3.78. The highest BCUT2D eigenvalue weighted by Crippen LogP contribution is 2.43. The van der Waals surface area contributed by atoms with Gasteiger partial charge in [0.15, 0.2) is 11.5 Å². The number of nitrogens with zero attached hydrogens (tertiary/aromatic N) is 3. The first-order valence-corrected chi connectivity index (χ1v) is 11.0. The Kier molecular flexibility index (Phi) is 6.79. The Morgan fingerprint density at radius 3 is 2.50 bits per heavy atom.